The Morgan fingerprint density at radius 1 is 1.23 bits per heavy atom. The van der Waals surface area contributed by atoms with Crippen LogP contribution in [0.15, 0.2) is 30.3 Å². The standard InChI is InChI=1S/C20H27N3O3/c1-3-15(2)22(13-16-9-5-4-6-10-16)17(24)14-23-18(25)20(21-19(23)26)11-7-8-12-20/h4-6,9-10,15H,3,7-8,11-14H2,1-2H3,(H,21,26). The maximum Gasteiger partial charge on any atom is 0.325 e. The van der Waals surface area contributed by atoms with E-state index in [1.165, 1.54) is 0 Å². The van der Waals surface area contributed by atoms with Crippen molar-refractivity contribution in [2.75, 3.05) is 6.54 Å². The van der Waals surface area contributed by atoms with Crippen LogP contribution < -0.4 is 5.32 Å². The van der Waals surface area contributed by atoms with Crippen LogP contribution in [0.5, 0.6) is 0 Å². The van der Waals surface area contributed by atoms with E-state index in [0.717, 1.165) is 29.7 Å². The molecule has 0 aromatic heterocycles. The lowest BCUT2D eigenvalue weighted by Gasteiger charge is -2.30. The third-order valence-electron chi connectivity index (χ3n) is 5.64. The van der Waals surface area contributed by atoms with Crippen molar-refractivity contribution in [3.8, 4) is 0 Å². The van der Waals surface area contributed by atoms with Crippen LogP contribution in [0.4, 0.5) is 4.79 Å². The highest BCUT2D eigenvalue weighted by Gasteiger charge is 2.52. The molecule has 1 aromatic carbocycles. The molecule has 1 heterocycles. The van der Waals surface area contributed by atoms with Gasteiger partial charge in [-0.05, 0) is 31.7 Å². The molecule has 2 aliphatic rings. The Kier molecular flexibility index (Phi) is 5.30. The first-order valence-corrected chi connectivity index (χ1v) is 9.44. The summed E-state index contributed by atoms with van der Waals surface area (Å²) in [4.78, 5) is 40.9. The number of benzene rings is 1. The molecule has 0 radical (unpaired) electrons. The molecule has 26 heavy (non-hydrogen) atoms. The van der Waals surface area contributed by atoms with Crippen LogP contribution in [0.3, 0.4) is 0 Å². The molecule has 3 rings (SSSR count). The van der Waals surface area contributed by atoms with E-state index in [4.69, 9.17) is 0 Å². The first-order chi connectivity index (χ1) is 12.5. The van der Waals surface area contributed by atoms with Gasteiger partial charge in [0.2, 0.25) is 5.91 Å². The zero-order chi connectivity index (χ0) is 18.7. The summed E-state index contributed by atoms with van der Waals surface area (Å²) in [5.41, 5.74) is 0.267. The first-order valence-electron chi connectivity index (χ1n) is 9.44. The van der Waals surface area contributed by atoms with Crippen molar-refractivity contribution >= 4 is 17.8 Å². The molecule has 1 aromatic rings. The SMILES string of the molecule is CCC(C)N(Cc1ccccc1)C(=O)CN1C(=O)NC2(CCCC2)C1=O. The summed E-state index contributed by atoms with van der Waals surface area (Å²) in [6, 6.07) is 9.37. The number of hydrogen-bond acceptors (Lipinski definition) is 3. The number of rotatable bonds is 6. The minimum atomic E-state index is -0.766. The molecule has 1 aliphatic carbocycles. The van der Waals surface area contributed by atoms with Crippen LogP contribution in [0.25, 0.3) is 0 Å². The van der Waals surface area contributed by atoms with Gasteiger partial charge in [0.1, 0.15) is 12.1 Å². The van der Waals surface area contributed by atoms with Crippen LogP contribution >= 0.6 is 0 Å². The van der Waals surface area contributed by atoms with Gasteiger partial charge >= 0.3 is 6.03 Å². The number of carbonyl (C=O) groups is 3. The Balaban J connectivity index is 1.73. The van der Waals surface area contributed by atoms with E-state index < -0.39 is 11.6 Å². The molecule has 6 nitrogen and oxygen atoms in total. The zero-order valence-electron chi connectivity index (χ0n) is 15.5. The van der Waals surface area contributed by atoms with Gasteiger partial charge in [0.05, 0.1) is 0 Å². The van der Waals surface area contributed by atoms with Crippen molar-refractivity contribution in [3.05, 3.63) is 35.9 Å². The molecule has 1 N–H and O–H groups in total. The topological polar surface area (TPSA) is 69.7 Å². The molecule has 1 saturated carbocycles. The summed E-state index contributed by atoms with van der Waals surface area (Å²) in [6.45, 7) is 4.30. The van der Waals surface area contributed by atoms with Gasteiger partial charge < -0.3 is 10.2 Å². The van der Waals surface area contributed by atoms with Gasteiger partial charge in [-0.2, -0.15) is 0 Å². The molecule has 6 heteroatoms. The molecule has 1 unspecified atom stereocenters. The second-order valence-electron chi connectivity index (χ2n) is 7.38. The Bertz CT molecular complexity index is 683. The van der Waals surface area contributed by atoms with Crippen molar-refractivity contribution in [2.45, 2.75) is 64.1 Å². The second-order valence-corrected chi connectivity index (χ2v) is 7.38. The predicted octanol–water partition coefficient (Wildman–Crippen LogP) is 2.68. The Labute approximate surface area is 154 Å². The third kappa shape index (κ3) is 3.45. The molecule has 4 amide bonds. The Hall–Kier alpha value is -2.37. The molecule has 1 atom stereocenters. The van der Waals surface area contributed by atoms with E-state index >= 15 is 0 Å². The molecule has 0 bridgehead atoms. The summed E-state index contributed by atoms with van der Waals surface area (Å²) < 4.78 is 0. The lowest BCUT2D eigenvalue weighted by Crippen LogP contribution is -2.47. The molecule has 1 aliphatic heterocycles. The van der Waals surface area contributed by atoms with Gasteiger partial charge in [-0.15, -0.1) is 0 Å². The number of imide groups is 1. The lowest BCUT2D eigenvalue weighted by atomic mass is 9.98. The number of hydrogen-bond donors (Lipinski definition) is 1. The van der Waals surface area contributed by atoms with Crippen molar-refractivity contribution in [3.63, 3.8) is 0 Å². The number of carbonyl (C=O) groups excluding carboxylic acids is 3. The smallest absolute Gasteiger partial charge is 0.325 e. The minimum absolute atomic E-state index is 0.0314. The highest BCUT2D eigenvalue weighted by Crippen LogP contribution is 2.35. The molecule has 140 valence electrons. The molecule has 1 spiro atoms. The van der Waals surface area contributed by atoms with Gasteiger partial charge in [0, 0.05) is 12.6 Å². The Morgan fingerprint density at radius 3 is 2.50 bits per heavy atom. The van der Waals surface area contributed by atoms with Crippen molar-refractivity contribution < 1.29 is 14.4 Å². The zero-order valence-corrected chi connectivity index (χ0v) is 15.5. The average molecular weight is 357 g/mol. The fourth-order valence-electron chi connectivity index (χ4n) is 3.85. The van der Waals surface area contributed by atoms with Crippen molar-refractivity contribution in [1.29, 1.82) is 0 Å². The maximum atomic E-state index is 13.0. The van der Waals surface area contributed by atoms with Crippen LogP contribution in [-0.2, 0) is 16.1 Å². The summed E-state index contributed by atoms with van der Waals surface area (Å²) in [5, 5.41) is 2.83. The summed E-state index contributed by atoms with van der Waals surface area (Å²) >= 11 is 0. The second kappa shape index (κ2) is 7.48. The highest BCUT2D eigenvalue weighted by molar-refractivity contribution is 6.09. The van der Waals surface area contributed by atoms with Crippen LogP contribution in [-0.4, -0.2) is 45.8 Å². The van der Waals surface area contributed by atoms with Gasteiger partial charge in [-0.25, -0.2) is 4.79 Å². The fourth-order valence-corrected chi connectivity index (χ4v) is 3.85. The normalized spacial score (nSPS) is 19.7. The number of urea groups is 1. The largest absolute Gasteiger partial charge is 0.334 e. The average Bonchev–Trinajstić information content (AvgIpc) is 3.20. The van der Waals surface area contributed by atoms with Gasteiger partial charge in [0.15, 0.2) is 0 Å². The summed E-state index contributed by atoms with van der Waals surface area (Å²) in [6.07, 6.45) is 4.01. The number of nitrogens with one attached hydrogen (secondary N) is 1. The van der Waals surface area contributed by atoms with E-state index in [1.54, 1.807) is 4.90 Å². The maximum absolute atomic E-state index is 13.0. The third-order valence-corrected chi connectivity index (χ3v) is 5.64. The quantitative estimate of drug-likeness (QED) is 0.796. The number of nitrogens with zero attached hydrogens (tertiary/aromatic N) is 2. The highest BCUT2D eigenvalue weighted by atomic mass is 16.2. The van der Waals surface area contributed by atoms with Crippen LogP contribution in [0.2, 0.25) is 0 Å². The van der Waals surface area contributed by atoms with Crippen molar-refractivity contribution in [2.24, 2.45) is 0 Å². The fraction of sp³-hybridized carbons (Fsp3) is 0.550. The van der Waals surface area contributed by atoms with E-state index in [0.29, 0.717) is 19.4 Å². The van der Waals surface area contributed by atoms with Crippen molar-refractivity contribution in [1.82, 2.24) is 15.1 Å². The van der Waals surface area contributed by atoms with E-state index in [2.05, 4.69) is 5.32 Å². The first kappa shape index (κ1) is 18.4. The van der Waals surface area contributed by atoms with E-state index in [9.17, 15) is 14.4 Å². The van der Waals surface area contributed by atoms with E-state index in [-0.39, 0.29) is 24.4 Å². The van der Waals surface area contributed by atoms with Gasteiger partial charge in [-0.3, -0.25) is 14.5 Å². The van der Waals surface area contributed by atoms with Gasteiger partial charge in [0.25, 0.3) is 5.91 Å². The minimum Gasteiger partial charge on any atom is -0.334 e. The molecule has 1 saturated heterocycles. The van der Waals surface area contributed by atoms with Crippen LogP contribution in [0.1, 0.15) is 51.5 Å². The monoisotopic (exact) mass is 357 g/mol. The van der Waals surface area contributed by atoms with Crippen LogP contribution in [0, 0.1) is 0 Å². The molecule has 2 fully saturated rings. The lowest BCUT2D eigenvalue weighted by molar-refractivity contribution is -0.140. The molecular weight excluding hydrogens is 330 g/mol. The van der Waals surface area contributed by atoms with E-state index in [1.807, 2.05) is 44.2 Å². The molecular formula is C20H27N3O3. The Morgan fingerprint density at radius 2 is 1.88 bits per heavy atom. The summed E-state index contributed by atoms with van der Waals surface area (Å²) in [5.74, 6) is -0.432. The summed E-state index contributed by atoms with van der Waals surface area (Å²) in [7, 11) is 0. The predicted molar refractivity (Wildman–Crippen MR) is 98.2 cm³/mol. The van der Waals surface area contributed by atoms with Gasteiger partial charge in [-0.1, -0.05) is 50.1 Å². The number of amides is 4.